The number of carbonyl (C=O) groups excluding carboxylic acids is 1. The summed E-state index contributed by atoms with van der Waals surface area (Å²) in [5, 5.41) is 2.46. The second kappa shape index (κ2) is 5.46. The number of thiophene rings is 1. The van der Waals surface area contributed by atoms with Crippen LogP contribution < -0.4 is 10.6 Å². The highest BCUT2D eigenvalue weighted by atomic mass is 35.5. The molecule has 0 atom stereocenters. The number of nitrogens with two attached hydrogens (primary N) is 1. The average molecular weight is 307 g/mol. The van der Waals surface area contributed by atoms with Crippen LogP contribution in [0.1, 0.15) is 28.1 Å². The summed E-state index contributed by atoms with van der Waals surface area (Å²) in [4.78, 5) is 15.9. The van der Waals surface area contributed by atoms with Gasteiger partial charge in [0, 0.05) is 17.1 Å². The highest BCUT2D eigenvalue weighted by Crippen LogP contribution is 2.33. The van der Waals surface area contributed by atoms with Gasteiger partial charge in [-0.15, -0.1) is 11.3 Å². The number of fused-ring (bicyclic) bond motifs is 1. The lowest BCUT2D eigenvalue weighted by Gasteiger charge is -2.21. The van der Waals surface area contributed by atoms with E-state index in [1.165, 1.54) is 4.88 Å². The first-order chi connectivity index (χ1) is 9.66. The normalized spacial score (nSPS) is 14.8. The summed E-state index contributed by atoms with van der Waals surface area (Å²) in [7, 11) is 0. The molecule has 20 heavy (non-hydrogen) atoms. The van der Waals surface area contributed by atoms with Crippen LogP contribution in [-0.2, 0) is 6.42 Å². The van der Waals surface area contributed by atoms with Crippen LogP contribution in [-0.4, -0.2) is 12.5 Å². The van der Waals surface area contributed by atoms with E-state index in [4.69, 9.17) is 17.3 Å². The minimum absolute atomic E-state index is 0.0449. The molecule has 1 aromatic carbocycles. The Morgan fingerprint density at radius 1 is 1.30 bits per heavy atom. The quantitative estimate of drug-likeness (QED) is 0.810. The zero-order valence-electron chi connectivity index (χ0n) is 10.9. The first-order valence-electron chi connectivity index (χ1n) is 6.60. The van der Waals surface area contributed by atoms with Gasteiger partial charge in [-0.25, -0.2) is 0 Å². The van der Waals surface area contributed by atoms with E-state index < -0.39 is 0 Å². The maximum atomic E-state index is 12.8. The summed E-state index contributed by atoms with van der Waals surface area (Å²) in [5.41, 5.74) is 7.80. The molecule has 0 saturated heterocycles. The average Bonchev–Trinajstić information content (AvgIpc) is 2.78. The number of anilines is 2. The monoisotopic (exact) mass is 306 g/mol. The molecule has 0 spiro atoms. The number of nitrogen functional groups attached to an aromatic ring is 1. The highest BCUT2D eigenvalue weighted by molar-refractivity contribution is 7.10. The number of benzene rings is 1. The zero-order chi connectivity index (χ0) is 14.1. The Balaban J connectivity index is 1.98. The topological polar surface area (TPSA) is 46.3 Å². The standard InChI is InChI=1S/C15H15ClN2OS/c16-12-9-10(17)4-5-11(12)15(19)18-7-2-1-3-14-13(18)6-8-20-14/h4-6,8-9H,1-3,7,17H2. The summed E-state index contributed by atoms with van der Waals surface area (Å²) in [6.45, 7) is 0.739. The van der Waals surface area contributed by atoms with E-state index in [1.54, 1.807) is 29.5 Å². The van der Waals surface area contributed by atoms with Crippen LogP contribution in [0.2, 0.25) is 5.02 Å². The van der Waals surface area contributed by atoms with Crippen molar-refractivity contribution >= 4 is 40.2 Å². The van der Waals surface area contributed by atoms with E-state index in [1.807, 2.05) is 16.3 Å². The van der Waals surface area contributed by atoms with Crippen molar-refractivity contribution in [3.05, 3.63) is 45.1 Å². The SMILES string of the molecule is Nc1ccc(C(=O)N2CCCCc3sccc32)c(Cl)c1. The van der Waals surface area contributed by atoms with Crippen molar-refractivity contribution in [2.24, 2.45) is 0 Å². The van der Waals surface area contributed by atoms with Gasteiger partial charge in [0.25, 0.3) is 5.91 Å². The minimum Gasteiger partial charge on any atom is -0.399 e. The molecule has 0 aliphatic carbocycles. The van der Waals surface area contributed by atoms with Crippen LogP contribution in [0, 0.1) is 0 Å². The number of nitrogens with zero attached hydrogens (tertiary/aromatic N) is 1. The van der Waals surface area contributed by atoms with Gasteiger partial charge in [0.2, 0.25) is 0 Å². The maximum Gasteiger partial charge on any atom is 0.259 e. The molecule has 0 saturated carbocycles. The van der Waals surface area contributed by atoms with E-state index in [-0.39, 0.29) is 5.91 Å². The Labute approximate surface area is 127 Å². The van der Waals surface area contributed by atoms with E-state index in [9.17, 15) is 4.79 Å². The number of hydrogen-bond donors (Lipinski definition) is 1. The first-order valence-corrected chi connectivity index (χ1v) is 7.86. The largest absolute Gasteiger partial charge is 0.399 e. The highest BCUT2D eigenvalue weighted by Gasteiger charge is 2.24. The number of halogens is 1. The molecule has 104 valence electrons. The lowest BCUT2D eigenvalue weighted by Crippen LogP contribution is -2.31. The van der Waals surface area contributed by atoms with E-state index >= 15 is 0 Å². The molecule has 5 heteroatoms. The van der Waals surface area contributed by atoms with Crippen LogP contribution in [0.5, 0.6) is 0 Å². The summed E-state index contributed by atoms with van der Waals surface area (Å²) in [5.74, 6) is -0.0449. The second-order valence-corrected chi connectivity index (χ2v) is 6.29. The molecular formula is C15H15ClN2OS. The van der Waals surface area contributed by atoms with Crippen LogP contribution >= 0.6 is 22.9 Å². The van der Waals surface area contributed by atoms with Gasteiger partial charge in [0.05, 0.1) is 16.3 Å². The van der Waals surface area contributed by atoms with Gasteiger partial charge in [-0.05, 0) is 48.9 Å². The fourth-order valence-electron chi connectivity index (χ4n) is 2.50. The van der Waals surface area contributed by atoms with Crippen molar-refractivity contribution in [2.45, 2.75) is 19.3 Å². The van der Waals surface area contributed by atoms with Crippen LogP contribution in [0.15, 0.2) is 29.6 Å². The molecule has 0 radical (unpaired) electrons. The van der Waals surface area contributed by atoms with Crippen molar-refractivity contribution in [1.82, 2.24) is 0 Å². The molecule has 3 rings (SSSR count). The maximum absolute atomic E-state index is 12.8. The van der Waals surface area contributed by atoms with Gasteiger partial charge in [0.15, 0.2) is 0 Å². The number of carbonyl (C=O) groups is 1. The molecule has 3 nitrogen and oxygen atoms in total. The Bertz CT molecular complexity index is 653. The van der Waals surface area contributed by atoms with Gasteiger partial charge >= 0.3 is 0 Å². The van der Waals surface area contributed by atoms with E-state index in [0.29, 0.717) is 16.3 Å². The molecule has 0 bridgehead atoms. The molecule has 2 heterocycles. The number of aryl methyl sites for hydroxylation is 1. The lowest BCUT2D eigenvalue weighted by atomic mass is 10.1. The van der Waals surface area contributed by atoms with E-state index in [2.05, 4.69) is 0 Å². The van der Waals surface area contributed by atoms with Gasteiger partial charge in [0.1, 0.15) is 0 Å². The molecule has 1 amide bonds. The molecular weight excluding hydrogens is 292 g/mol. The predicted octanol–water partition coefficient (Wildman–Crippen LogP) is 3.97. The van der Waals surface area contributed by atoms with Crippen LogP contribution in [0.25, 0.3) is 0 Å². The van der Waals surface area contributed by atoms with Crippen molar-refractivity contribution in [2.75, 3.05) is 17.2 Å². The van der Waals surface area contributed by atoms with Crippen molar-refractivity contribution in [1.29, 1.82) is 0 Å². The zero-order valence-corrected chi connectivity index (χ0v) is 12.5. The summed E-state index contributed by atoms with van der Waals surface area (Å²) in [6, 6.07) is 7.07. The Kier molecular flexibility index (Phi) is 3.68. The molecule has 0 unspecified atom stereocenters. The summed E-state index contributed by atoms with van der Waals surface area (Å²) in [6.07, 6.45) is 3.18. The third kappa shape index (κ3) is 2.41. The minimum atomic E-state index is -0.0449. The third-order valence-electron chi connectivity index (χ3n) is 3.52. The van der Waals surface area contributed by atoms with Gasteiger partial charge in [-0.2, -0.15) is 0 Å². The summed E-state index contributed by atoms with van der Waals surface area (Å²) >= 11 is 7.88. The smallest absolute Gasteiger partial charge is 0.259 e. The molecule has 1 aliphatic heterocycles. The fraction of sp³-hybridized carbons (Fsp3) is 0.267. The Morgan fingerprint density at radius 3 is 2.95 bits per heavy atom. The van der Waals surface area contributed by atoms with Gasteiger partial charge in [-0.3, -0.25) is 4.79 Å². The lowest BCUT2D eigenvalue weighted by molar-refractivity contribution is 0.0987. The fourth-order valence-corrected chi connectivity index (χ4v) is 3.69. The first kappa shape index (κ1) is 13.5. The number of hydrogen-bond acceptors (Lipinski definition) is 3. The Morgan fingerprint density at radius 2 is 2.15 bits per heavy atom. The predicted molar refractivity (Wildman–Crippen MR) is 84.8 cm³/mol. The Hall–Kier alpha value is -1.52. The van der Waals surface area contributed by atoms with Gasteiger partial charge in [-0.1, -0.05) is 11.6 Å². The van der Waals surface area contributed by atoms with Gasteiger partial charge < -0.3 is 10.6 Å². The second-order valence-electron chi connectivity index (χ2n) is 4.88. The molecule has 1 aliphatic rings. The van der Waals surface area contributed by atoms with Crippen molar-refractivity contribution in [3.63, 3.8) is 0 Å². The number of rotatable bonds is 1. The third-order valence-corrected chi connectivity index (χ3v) is 4.80. The molecule has 2 N–H and O–H groups in total. The molecule has 0 fully saturated rings. The summed E-state index contributed by atoms with van der Waals surface area (Å²) < 4.78 is 0. The number of amides is 1. The van der Waals surface area contributed by atoms with Crippen LogP contribution in [0.4, 0.5) is 11.4 Å². The van der Waals surface area contributed by atoms with Crippen LogP contribution in [0.3, 0.4) is 0 Å². The molecule has 1 aromatic heterocycles. The molecule has 2 aromatic rings. The van der Waals surface area contributed by atoms with Crippen molar-refractivity contribution in [3.8, 4) is 0 Å². The van der Waals surface area contributed by atoms with E-state index in [0.717, 1.165) is 31.5 Å². The van der Waals surface area contributed by atoms with Crippen molar-refractivity contribution < 1.29 is 4.79 Å².